The molecule has 0 amide bonds. The van der Waals surface area contributed by atoms with Gasteiger partial charge in [-0.1, -0.05) is 52.0 Å². The topological polar surface area (TPSA) is 54.4 Å². The molecule has 2 atom stereocenters. The zero-order chi connectivity index (χ0) is 17.4. The van der Waals surface area contributed by atoms with Crippen LogP contribution in [-0.4, -0.2) is 16.9 Å². The number of carboxylic acid groups (broad SMARTS) is 1. The fourth-order valence-corrected chi connectivity index (χ4v) is 3.69. The van der Waals surface area contributed by atoms with Crippen LogP contribution < -0.4 is 0 Å². The van der Waals surface area contributed by atoms with E-state index in [0.717, 1.165) is 24.8 Å². The quantitative estimate of drug-likeness (QED) is 0.817. The Morgan fingerprint density at radius 1 is 1.17 bits per heavy atom. The molecule has 0 aliphatic heterocycles. The first-order valence-electron chi connectivity index (χ1n) is 8.49. The monoisotopic (exact) mass is 316 g/mol. The van der Waals surface area contributed by atoms with Crippen LogP contribution in [0.1, 0.15) is 64.5 Å². The number of aryl methyl sites for hydroxylation is 1. The second-order valence-corrected chi connectivity index (χ2v) is 7.86. The number of carbonyl (C=O) groups excluding carboxylic acids is 1. The molecule has 0 heterocycles. The summed E-state index contributed by atoms with van der Waals surface area (Å²) in [5.74, 6) is -1.32. The number of carbonyl (C=O) groups is 2. The Balaban J connectivity index is 2.56. The molecule has 1 aliphatic rings. The molecule has 2 rings (SSSR count). The summed E-state index contributed by atoms with van der Waals surface area (Å²) in [6.45, 7) is 9.34. The largest absolute Gasteiger partial charge is 0.480 e. The SMILES string of the molecule is CC(C)C(C)(C)C(=O)C(C)(C(=O)O)C1CCCc2ccccc21. The van der Waals surface area contributed by atoms with Gasteiger partial charge in [0.05, 0.1) is 0 Å². The smallest absolute Gasteiger partial charge is 0.317 e. The van der Waals surface area contributed by atoms with Gasteiger partial charge in [0.25, 0.3) is 0 Å². The standard InChI is InChI=1S/C20H28O3/c1-13(2)19(3,4)17(21)20(5,18(22)23)16-12-8-10-14-9-6-7-11-15(14)16/h6-7,9,11,13,16H,8,10,12H2,1-5H3,(H,22,23). The van der Waals surface area contributed by atoms with Crippen molar-refractivity contribution in [1.82, 2.24) is 0 Å². The van der Waals surface area contributed by atoms with Crippen LogP contribution in [0.15, 0.2) is 24.3 Å². The third-order valence-corrected chi connectivity index (χ3v) is 6.01. The number of rotatable bonds is 5. The van der Waals surface area contributed by atoms with Crippen molar-refractivity contribution in [2.24, 2.45) is 16.7 Å². The average molecular weight is 316 g/mol. The normalized spacial score (nSPS) is 20.7. The minimum Gasteiger partial charge on any atom is -0.480 e. The minimum atomic E-state index is -1.38. The molecule has 126 valence electrons. The molecule has 1 aliphatic carbocycles. The molecule has 2 unspecified atom stereocenters. The molecule has 0 saturated heterocycles. The van der Waals surface area contributed by atoms with Crippen molar-refractivity contribution in [3.63, 3.8) is 0 Å². The lowest BCUT2D eigenvalue weighted by atomic mass is 9.59. The Kier molecular flexibility index (Phi) is 4.70. The van der Waals surface area contributed by atoms with Gasteiger partial charge in [-0.05, 0) is 43.2 Å². The second-order valence-electron chi connectivity index (χ2n) is 7.86. The minimum absolute atomic E-state index is 0.0903. The molecule has 1 N–H and O–H groups in total. The summed E-state index contributed by atoms with van der Waals surface area (Å²) in [7, 11) is 0. The Hall–Kier alpha value is -1.64. The molecular formula is C20H28O3. The summed E-state index contributed by atoms with van der Waals surface area (Å²) in [6, 6.07) is 7.98. The van der Waals surface area contributed by atoms with E-state index in [4.69, 9.17) is 0 Å². The highest BCUT2D eigenvalue weighted by Gasteiger charge is 2.54. The van der Waals surface area contributed by atoms with Crippen LogP contribution >= 0.6 is 0 Å². The van der Waals surface area contributed by atoms with Crippen LogP contribution in [0.2, 0.25) is 0 Å². The van der Waals surface area contributed by atoms with E-state index >= 15 is 0 Å². The van der Waals surface area contributed by atoms with Crippen LogP contribution in [0, 0.1) is 16.7 Å². The van der Waals surface area contributed by atoms with Crippen LogP contribution in [0.5, 0.6) is 0 Å². The van der Waals surface area contributed by atoms with Crippen molar-refractivity contribution in [3.05, 3.63) is 35.4 Å². The van der Waals surface area contributed by atoms with Gasteiger partial charge in [0.2, 0.25) is 0 Å². The molecule has 0 fully saturated rings. The number of benzene rings is 1. The molecule has 0 radical (unpaired) electrons. The molecule has 0 aromatic heterocycles. The van der Waals surface area contributed by atoms with E-state index in [1.54, 1.807) is 6.92 Å². The number of fused-ring (bicyclic) bond motifs is 1. The summed E-state index contributed by atoms with van der Waals surface area (Å²) < 4.78 is 0. The van der Waals surface area contributed by atoms with Gasteiger partial charge in [0.1, 0.15) is 5.41 Å². The van der Waals surface area contributed by atoms with Crippen molar-refractivity contribution in [2.45, 2.75) is 59.8 Å². The highest BCUT2D eigenvalue weighted by molar-refractivity contribution is 6.06. The maximum absolute atomic E-state index is 13.3. The van der Waals surface area contributed by atoms with Gasteiger partial charge >= 0.3 is 5.97 Å². The summed E-state index contributed by atoms with van der Waals surface area (Å²) in [6.07, 6.45) is 2.64. The zero-order valence-corrected chi connectivity index (χ0v) is 14.8. The van der Waals surface area contributed by atoms with Gasteiger partial charge in [-0.15, -0.1) is 0 Å². The number of aliphatic carboxylic acids is 1. The lowest BCUT2D eigenvalue weighted by molar-refractivity contribution is -0.160. The van der Waals surface area contributed by atoms with Crippen molar-refractivity contribution in [2.75, 3.05) is 0 Å². The predicted octanol–water partition coefficient (Wildman–Crippen LogP) is 4.45. The lowest BCUT2D eigenvalue weighted by Gasteiger charge is -2.42. The number of ketones is 1. The molecule has 0 saturated carbocycles. The second kappa shape index (κ2) is 6.10. The Morgan fingerprint density at radius 3 is 2.35 bits per heavy atom. The summed E-state index contributed by atoms with van der Waals surface area (Å²) in [4.78, 5) is 25.5. The van der Waals surface area contributed by atoms with E-state index in [1.165, 1.54) is 5.56 Å². The van der Waals surface area contributed by atoms with Crippen molar-refractivity contribution in [1.29, 1.82) is 0 Å². The van der Waals surface area contributed by atoms with Crippen LogP contribution in [0.3, 0.4) is 0 Å². The first kappa shape index (κ1) is 17.7. The van der Waals surface area contributed by atoms with Gasteiger partial charge in [-0.2, -0.15) is 0 Å². The zero-order valence-electron chi connectivity index (χ0n) is 14.8. The lowest BCUT2D eigenvalue weighted by Crippen LogP contribution is -2.50. The molecule has 0 bridgehead atoms. The number of carboxylic acids is 1. The van der Waals surface area contributed by atoms with Crippen molar-refractivity contribution in [3.8, 4) is 0 Å². The summed E-state index contributed by atoms with van der Waals surface area (Å²) in [5, 5.41) is 10.0. The molecule has 1 aromatic carbocycles. The molecule has 3 heteroatoms. The predicted molar refractivity (Wildman–Crippen MR) is 91.5 cm³/mol. The first-order valence-corrected chi connectivity index (χ1v) is 8.49. The molecule has 3 nitrogen and oxygen atoms in total. The van der Waals surface area contributed by atoms with Gasteiger partial charge in [0.15, 0.2) is 5.78 Å². The summed E-state index contributed by atoms with van der Waals surface area (Å²) in [5.41, 5.74) is 0.173. The van der Waals surface area contributed by atoms with Gasteiger partial charge in [0, 0.05) is 11.3 Å². The Bertz CT molecular complexity index is 615. The first-order chi connectivity index (χ1) is 10.6. The Labute approximate surface area is 139 Å². The Morgan fingerprint density at radius 2 is 1.78 bits per heavy atom. The van der Waals surface area contributed by atoms with E-state index in [2.05, 4.69) is 6.07 Å². The van der Waals surface area contributed by atoms with E-state index in [9.17, 15) is 14.7 Å². The highest BCUT2D eigenvalue weighted by atomic mass is 16.4. The van der Waals surface area contributed by atoms with Gasteiger partial charge in [-0.3, -0.25) is 9.59 Å². The van der Waals surface area contributed by atoms with E-state index in [0.29, 0.717) is 0 Å². The van der Waals surface area contributed by atoms with Crippen LogP contribution in [0.4, 0.5) is 0 Å². The molecule has 1 aromatic rings. The third kappa shape index (κ3) is 2.82. The molecule has 23 heavy (non-hydrogen) atoms. The fourth-order valence-electron chi connectivity index (χ4n) is 3.69. The van der Waals surface area contributed by atoms with E-state index in [1.807, 2.05) is 45.9 Å². The number of hydrogen-bond acceptors (Lipinski definition) is 2. The fraction of sp³-hybridized carbons (Fsp3) is 0.600. The number of Topliss-reactive ketones (excluding diaryl/α,β-unsaturated/α-hetero) is 1. The third-order valence-electron chi connectivity index (χ3n) is 6.01. The van der Waals surface area contributed by atoms with Crippen molar-refractivity contribution < 1.29 is 14.7 Å². The maximum Gasteiger partial charge on any atom is 0.317 e. The summed E-state index contributed by atoms with van der Waals surface area (Å²) >= 11 is 0. The van der Waals surface area contributed by atoms with Crippen LogP contribution in [-0.2, 0) is 16.0 Å². The van der Waals surface area contributed by atoms with E-state index in [-0.39, 0.29) is 17.6 Å². The highest BCUT2D eigenvalue weighted by Crippen LogP contribution is 2.49. The molecular weight excluding hydrogens is 288 g/mol. The van der Waals surface area contributed by atoms with Gasteiger partial charge < -0.3 is 5.11 Å². The number of hydrogen-bond donors (Lipinski definition) is 1. The van der Waals surface area contributed by atoms with Crippen molar-refractivity contribution >= 4 is 11.8 Å². The maximum atomic E-state index is 13.3. The van der Waals surface area contributed by atoms with E-state index < -0.39 is 16.8 Å². The van der Waals surface area contributed by atoms with Gasteiger partial charge in [-0.25, -0.2) is 0 Å². The average Bonchev–Trinajstić information content (AvgIpc) is 2.52. The van der Waals surface area contributed by atoms with Crippen LogP contribution in [0.25, 0.3) is 0 Å². The molecule has 0 spiro atoms.